The van der Waals surface area contributed by atoms with Crippen molar-refractivity contribution < 1.29 is 19.1 Å². The highest BCUT2D eigenvalue weighted by atomic mass is 16.8. The first-order valence-electron chi connectivity index (χ1n) is 5.11. The van der Waals surface area contributed by atoms with Crippen molar-refractivity contribution in [2.24, 2.45) is 5.92 Å². The van der Waals surface area contributed by atoms with Crippen LogP contribution >= 0.6 is 0 Å². The quantitative estimate of drug-likeness (QED) is 0.707. The maximum Gasteiger partial charge on any atom is 0.368 e. The number of hydrogen-bond acceptors (Lipinski definition) is 5. The number of ether oxygens (including phenoxy) is 2. The molecule has 0 unspecified atom stereocenters. The topological polar surface area (TPSA) is 56.8 Å². The first-order chi connectivity index (χ1) is 7.04. The summed E-state index contributed by atoms with van der Waals surface area (Å²) in [5.41, 5.74) is 2.82. The van der Waals surface area contributed by atoms with Crippen molar-refractivity contribution in [1.29, 1.82) is 0 Å². The molecule has 1 rings (SSSR count). The summed E-state index contributed by atoms with van der Waals surface area (Å²) in [7, 11) is 2.76. The van der Waals surface area contributed by atoms with E-state index < -0.39 is 11.8 Å². The molecule has 0 radical (unpaired) electrons. The molecule has 1 fully saturated rings. The largest absolute Gasteiger partial charge is 0.465 e. The Morgan fingerprint density at radius 1 is 1.60 bits per heavy atom. The van der Waals surface area contributed by atoms with Crippen molar-refractivity contribution >= 4 is 5.97 Å². The highest BCUT2D eigenvalue weighted by Crippen LogP contribution is 2.28. The normalized spacial score (nSPS) is 30.9. The number of carbonyl (C=O) groups is 1. The molecule has 88 valence electrons. The lowest BCUT2D eigenvalue weighted by Crippen LogP contribution is -2.42. The lowest BCUT2D eigenvalue weighted by Gasteiger charge is -2.21. The van der Waals surface area contributed by atoms with Crippen LogP contribution in [0.5, 0.6) is 0 Å². The Hall–Kier alpha value is -0.650. The third-order valence-electron chi connectivity index (χ3n) is 2.49. The van der Waals surface area contributed by atoms with E-state index in [0.717, 1.165) is 6.42 Å². The number of hydroxylamine groups is 1. The molecule has 1 aliphatic heterocycles. The number of nitrogens with one attached hydrogen (secondary N) is 1. The van der Waals surface area contributed by atoms with Gasteiger partial charge in [0.25, 0.3) is 5.79 Å². The van der Waals surface area contributed by atoms with Crippen LogP contribution in [0, 0.1) is 5.92 Å². The van der Waals surface area contributed by atoms with Gasteiger partial charge >= 0.3 is 5.97 Å². The second kappa shape index (κ2) is 4.92. The average molecular weight is 217 g/mol. The Kier molecular flexibility index (Phi) is 4.07. The van der Waals surface area contributed by atoms with Gasteiger partial charge in [0.15, 0.2) is 0 Å². The van der Waals surface area contributed by atoms with Gasteiger partial charge < -0.3 is 9.47 Å². The first-order valence-corrected chi connectivity index (χ1v) is 5.11. The standard InChI is InChI=1S/C10H19NO4/c1-7(2)5-8-6-10(14-4,15-11-8)9(12)13-3/h7-8,11H,5-6H2,1-4H3/t8-,10+/m0/s1. The lowest BCUT2D eigenvalue weighted by atomic mass is 9.99. The predicted octanol–water partition coefficient (Wildman–Crippen LogP) is 0.842. The van der Waals surface area contributed by atoms with E-state index in [1.165, 1.54) is 14.2 Å². The monoisotopic (exact) mass is 217 g/mol. The summed E-state index contributed by atoms with van der Waals surface area (Å²) in [6.45, 7) is 4.24. The zero-order valence-corrected chi connectivity index (χ0v) is 9.70. The van der Waals surface area contributed by atoms with Crippen molar-refractivity contribution in [2.75, 3.05) is 14.2 Å². The van der Waals surface area contributed by atoms with E-state index in [0.29, 0.717) is 12.3 Å². The van der Waals surface area contributed by atoms with E-state index in [4.69, 9.17) is 9.57 Å². The molecule has 0 aromatic heterocycles. The van der Waals surface area contributed by atoms with E-state index in [-0.39, 0.29) is 6.04 Å². The molecule has 0 aliphatic carbocycles. The molecule has 0 aromatic carbocycles. The van der Waals surface area contributed by atoms with E-state index in [9.17, 15) is 4.79 Å². The number of esters is 1. The summed E-state index contributed by atoms with van der Waals surface area (Å²) in [4.78, 5) is 16.7. The Balaban J connectivity index is 2.61. The molecule has 0 spiro atoms. The highest BCUT2D eigenvalue weighted by molar-refractivity contribution is 5.78. The van der Waals surface area contributed by atoms with E-state index in [1.807, 2.05) is 0 Å². The van der Waals surface area contributed by atoms with Crippen LogP contribution in [0.1, 0.15) is 26.7 Å². The van der Waals surface area contributed by atoms with Gasteiger partial charge in [-0.3, -0.25) is 4.84 Å². The Morgan fingerprint density at radius 2 is 2.27 bits per heavy atom. The van der Waals surface area contributed by atoms with Crippen LogP contribution in [-0.2, 0) is 19.1 Å². The molecular formula is C10H19NO4. The number of hydrogen-bond donors (Lipinski definition) is 1. The summed E-state index contributed by atoms with van der Waals surface area (Å²) in [6, 6.07) is 0.129. The van der Waals surface area contributed by atoms with E-state index in [2.05, 4.69) is 24.1 Å². The average Bonchev–Trinajstić information content (AvgIpc) is 2.60. The van der Waals surface area contributed by atoms with Crippen LogP contribution in [0.3, 0.4) is 0 Å². The minimum Gasteiger partial charge on any atom is -0.465 e. The summed E-state index contributed by atoms with van der Waals surface area (Å²) in [5.74, 6) is -1.23. The molecular weight excluding hydrogens is 198 g/mol. The second-order valence-corrected chi connectivity index (χ2v) is 4.20. The smallest absolute Gasteiger partial charge is 0.368 e. The van der Waals surface area contributed by atoms with Gasteiger partial charge in [0, 0.05) is 19.6 Å². The van der Waals surface area contributed by atoms with Gasteiger partial charge in [-0.15, -0.1) is 0 Å². The van der Waals surface area contributed by atoms with Crippen LogP contribution in [0.15, 0.2) is 0 Å². The third kappa shape index (κ3) is 2.68. The van der Waals surface area contributed by atoms with Gasteiger partial charge in [-0.25, -0.2) is 4.79 Å². The van der Waals surface area contributed by atoms with Gasteiger partial charge in [0.1, 0.15) is 0 Å². The van der Waals surface area contributed by atoms with Gasteiger partial charge in [0.05, 0.1) is 7.11 Å². The molecule has 1 saturated heterocycles. The third-order valence-corrected chi connectivity index (χ3v) is 2.49. The Labute approximate surface area is 90.0 Å². The van der Waals surface area contributed by atoms with Crippen molar-refractivity contribution in [3.63, 3.8) is 0 Å². The number of rotatable bonds is 4. The summed E-state index contributed by atoms with van der Waals surface area (Å²) >= 11 is 0. The molecule has 0 bridgehead atoms. The van der Waals surface area contributed by atoms with Crippen molar-refractivity contribution in [1.82, 2.24) is 5.48 Å². The summed E-state index contributed by atoms with van der Waals surface area (Å²) in [6.07, 6.45) is 1.41. The first kappa shape index (κ1) is 12.4. The fraction of sp³-hybridized carbons (Fsp3) is 0.900. The minimum atomic E-state index is -1.27. The lowest BCUT2D eigenvalue weighted by molar-refractivity contribution is -0.235. The molecule has 0 saturated carbocycles. The molecule has 2 atom stereocenters. The molecule has 5 nitrogen and oxygen atoms in total. The zero-order chi connectivity index (χ0) is 11.5. The summed E-state index contributed by atoms with van der Waals surface area (Å²) < 4.78 is 9.76. The van der Waals surface area contributed by atoms with Crippen LogP contribution in [0.25, 0.3) is 0 Å². The summed E-state index contributed by atoms with van der Waals surface area (Å²) in [5, 5.41) is 0. The van der Waals surface area contributed by atoms with Crippen LogP contribution in [-0.4, -0.2) is 32.0 Å². The fourth-order valence-electron chi connectivity index (χ4n) is 1.78. The molecule has 1 heterocycles. The van der Waals surface area contributed by atoms with Crippen molar-refractivity contribution in [2.45, 2.75) is 38.5 Å². The van der Waals surface area contributed by atoms with Gasteiger partial charge in [-0.2, -0.15) is 5.48 Å². The van der Waals surface area contributed by atoms with Crippen LogP contribution in [0.2, 0.25) is 0 Å². The molecule has 1 N–H and O–H groups in total. The Bertz CT molecular complexity index is 231. The van der Waals surface area contributed by atoms with E-state index >= 15 is 0 Å². The predicted molar refractivity (Wildman–Crippen MR) is 53.8 cm³/mol. The van der Waals surface area contributed by atoms with E-state index in [1.54, 1.807) is 0 Å². The SMILES string of the molecule is COC(=O)[C@@]1(OC)C[C@H](CC(C)C)NO1. The molecule has 1 aliphatic rings. The maximum atomic E-state index is 11.5. The van der Waals surface area contributed by atoms with Crippen molar-refractivity contribution in [3.8, 4) is 0 Å². The molecule has 0 aromatic rings. The fourth-order valence-corrected chi connectivity index (χ4v) is 1.78. The van der Waals surface area contributed by atoms with Gasteiger partial charge in [-0.05, 0) is 12.3 Å². The van der Waals surface area contributed by atoms with Gasteiger partial charge in [0.2, 0.25) is 0 Å². The molecule has 5 heteroatoms. The minimum absolute atomic E-state index is 0.129. The second-order valence-electron chi connectivity index (χ2n) is 4.20. The maximum absolute atomic E-state index is 11.5. The van der Waals surface area contributed by atoms with Crippen LogP contribution in [0.4, 0.5) is 0 Å². The molecule has 0 amide bonds. The zero-order valence-electron chi connectivity index (χ0n) is 9.70. The number of methoxy groups -OCH3 is 2. The van der Waals surface area contributed by atoms with Gasteiger partial charge in [-0.1, -0.05) is 13.8 Å². The van der Waals surface area contributed by atoms with Crippen molar-refractivity contribution in [3.05, 3.63) is 0 Å². The molecule has 15 heavy (non-hydrogen) atoms. The van der Waals surface area contributed by atoms with Crippen LogP contribution < -0.4 is 5.48 Å². The highest BCUT2D eigenvalue weighted by Gasteiger charge is 2.49. The number of carbonyl (C=O) groups excluding carboxylic acids is 1. The Morgan fingerprint density at radius 3 is 2.73 bits per heavy atom.